The molecule has 0 amide bonds. The predicted molar refractivity (Wildman–Crippen MR) is 68.4 cm³/mol. The molecule has 0 atom stereocenters. The van der Waals surface area contributed by atoms with Crippen molar-refractivity contribution in [3.8, 4) is 0 Å². The normalized spacial score (nSPS) is 8.81. The lowest BCUT2D eigenvalue weighted by Gasteiger charge is -1.95. The minimum absolute atomic E-state index is 0.148. The van der Waals surface area contributed by atoms with Gasteiger partial charge in [0, 0.05) is 13.2 Å². The molecule has 0 aliphatic heterocycles. The molecular weight excluding hydrogens is 204 g/mol. The van der Waals surface area contributed by atoms with Gasteiger partial charge in [0.2, 0.25) is 5.95 Å². The van der Waals surface area contributed by atoms with Gasteiger partial charge >= 0.3 is 0 Å². The van der Waals surface area contributed by atoms with Gasteiger partial charge in [-0.1, -0.05) is 27.7 Å². The maximum Gasteiger partial charge on any atom is 0.261 e. The molecule has 0 aromatic carbocycles. The average molecular weight is 224 g/mol. The van der Waals surface area contributed by atoms with Crippen molar-refractivity contribution in [3.05, 3.63) is 22.6 Å². The lowest BCUT2D eigenvalue weighted by molar-refractivity contribution is 0.944. The van der Waals surface area contributed by atoms with Crippen molar-refractivity contribution in [2.75, 3.05) is 5.73 Å². The van der Waals surface area contributed by atoms with Crippen LogP contribution < -0.4 is 11.3 Å². The molecule has 0 unspecified atom stereocenters. The summed E-state index contributed by atoms with van der Waals surface area (Å²) >= 11 is 0. The van der Waals surface area contributed by atoms with Crippen LogP contribution in [0.15, 0.2) is 17.1 Å². The van der Waals surface area contributed by atoms with E-state index in [0.29, 0.717) is 11.0 Å². The molecular formula is C11H20N4O. The van der Waals surface area contributed by atoms with Crippen molar-refractivity contribution in [1.82, 2.24) is 14.5 Å². The summed E-state index contributed by atoms with van der Waals surface area (Å²) in [5.41, 5.74) is 5.78. The van der Waals surface area contributed by atoms with E-state index < -0.39 is 0 Å². The number of aromatic amines is 1. The molecule has 5 heteroatoms. The third kappa shape index (κ3) is 2.85. The fourth-order valence-electron chi connectivity index (χ4n) is 1.16. The minimum Gasteiger partial charge on any atom is -0.369 e. The number of fused-ring (bicyclic) bond motifs is 1. The summed E-state index contributed by atoms with van der Waals surface area (Å²) < 4.78 is 1.75. The number of rotatable bonds is 0. The maximum atomic E-state index is 11.2. The summed E-state index contributed by atoms with van der Waals surface area (Å²) in [5.74, 6) is 0.148. The van der Waals surface area contributed by atoms with E-state index in [1.165, 1.54) is 0 Å². The zero-order chi connectivity index (χ0) is 12.7. The van der Waals surface area contributed by atoms with Crippen molar-refractivity contribution in [2.24, 2.45) is 7.05 Å². The van der Waals surface area contributed by atoms with Crippen molar-refractivity contribution in [3.63, 3.8) is 0 Å². The quantitative estimate of drug-likeness (QED) is 0.717. The van der Waals surface area contributed by atoms with E-state index in [1.54, 1.807) is 16.8 Å². The minimum atomic E-state index is -0.196. The number of aryl methyl sites for hydroxylation is 1. The second-order valence-electron chi connectivity index (χ2n) is 2.62. The standard InChI is InChI=1S/C7H8N4O.2C2H6/c1-11-3-2-4-5(11)9-7(8)10-6(4)12;2*1-2/h2-3H,1H3,(H3,8,9,10,12);2*1-2H3. The Labute approximate surface area is 95.3 Å². The highest BCUT2D eigenvalue weighted by Gasteiger charge is 2.03. The van der Waals surface area contributed by atoms with Crippen molar-refractivity contribution in [1.29, 1.82) is 0 Å². The summed E-state index contributed by atoms with van der Waals surface area (Å²) in [7, 11) is 1.81. The molecule has 2 rings (SSSR count). The molecule has 0 saturated carbocycles. The number of hydrogen-bond donors (Lipinski definition) is 2. The largest absolute Gasteiger partial charge is 0.369 e. The van der Waals surface area contributed by atoms with E-state index in [1.807, 2.05) is 34.7 Å². The average Bonchev–Trinajstić information content (AvgIpc) is 2.67. The smallest absolute Gasteiger partial charge is 0.261 e. The summed E-state index contributed by atoms with van der Waals surface area (Å²) in [6, 6.07) is 1.71. The summed E-state index contributed by atoms with van der Waals surface area (Å²) in [4.78, 5) is 17.6. The molecule has 0 aliphatic rings. The van der Waals surface area contributed by atoms with E-state index >= 15 is 0 Å². The van der Waals surface area contributed by atoms with E-state index in [4.69, 9.17) is 5.73 Å². The van der Waals surface area contributed by atoms with Crippen molar-refractivity contribution < 1.29 is 0 Å². The summed E-state index contributed by atoms with van der Waals surface area (Å²) in [6.07, 6.45) is 1.77. The fraction of sp³-hybridized carbons (Fsp3) is 0.455. The van der Waals surface area contributed by atoms with Gasteiger partial charge < -0.3 is 10.3 Å². The number of nitrogen functional groups attached to an aromatic ring is 1. The van der Waals surface area contributed by atoms with Crippen LogP contribution in [-0.2, 0) is 7.05 Å². The number of nitrogens with two attached hydrogens (primary N) is 1. The first-order chi connectivity index (χ1) is 7.68. The topological polar surface area (TPSA) is 76.7 Å². The van der Waals surface area contributed by atoms with Crippen LogP contribution in [0.25, 0.3) is 11.0 Å². The van der Waals surface area contributed by atoms with Gasteiger partial charge in [-0.3, -0.25) is 9.78 Å². The SMILES string of the molecule is CC.CC.Cn1ccc2c(=O)[nH]c(N)nc21. The van der Waals surface area contributed by atoms with Gasteiger partial charge in [0.15, 0.2) is 0 Å². The Morgan fingerprint density at radius 3 is 2.44 bits per heavy atom. The molecule has 0 saturated heterocycles. The van der Waals surface area contributed by atoms with Crippen LogP contribution in [-0.4, -0.2) is 14.5 Å². The van der Waals surface area contributed by atoms with Gasteiger partial charge in [0.1, 0.15) is 5.65 Å². The van der Waals surface area contributed by atoms with Gasteiger partial charge in [-0.2, -0.15) is 4.98 Å². The number of nitrogens with zero attached hydrogens (tertiary/aromatic N) is 2. The van der Waals surface area contributed by atoms with E-state index in [2.05, 4.69) is 9.97 Å². The van der Waals surface area contributed by atoms with Crippen LogP contribution in [0.5, 0.6) is 0 Å². The molecule has 2 aromatic heterocycles. The summed E-state index contributed by atoms with van der Waals surface area (Å²) in [5, 5.41) is 0.562. The van der Waals surface area contributed by atoms with Crippen LogP contribution >= 0.6 is 0 Å². The van der Waals surface area contributed by atoms with Gasteiger partial charge in [0.05, 0.1) is 5.39 Å². The van der Waals surface area contributed by atoms with Gasteiger partial charge in [-0.15, -0.1) is 0 Å². The van der Waals surface area contributed by atoms with E-state index in [-0.39, 0.29) is 11.5 Å². The highest BCUT2D eigenvalue weighted by molar-refractivity contribution is 5.75. The Morgan fingerprint density at radius 2 is 1.88 bits per heavy atom. The lowest BCUT2D eigenvalue weighted by Crippen LogP contribution is -2.10. The molecule has 0 radical (unpaired) electrons. The number of aromatic nitrogens is 3. The molecule has 90 valence electrons. The second-order valence-corrected chi connectivity index (χ2v) is 2.62. The second kappa shape index (κ2) is 6.66. The first kappa shape index (κ1) is 14.2. The third-order valence-corrected chi connectivity index (χ3v) is 1.75. The van der Waals surface area contributed by atoms with E-state index in [0.717, 1.165) is 0 Å². The Bertz CT molecular complexity index is 484. The van der Waals surface area contributed by atoms with Crippen LogP contribution in [0.1, 0.15) is 27.7 Å². The van der Waals surface area contributed by atoms with Crippen LogP contribution in [0.4, 0.5) is 5.95 Å². The molecule has 16 heavy (non-hydrogen) atoms. The van der Waals surface area contributed by atoms with Crippen LogP contribution in [0.2, 0.25) is 0 Å². The molecule has 0 aliphatic carbocycles. The highest BCUT2D eigenvalue weighted by atomic mass is 16.1. The van der Waals surface area contributed by atoms with Crippen molar-refractivity contribution >= 4 is 17.0 Å². The molecule has 0 bridgehead atoms. The van der Waals surface area contributed by atoms with Crippen LogP contribution in [0, 0.1) is 0 Å². The third-order valence-electron chi connectivity index (χ3n) is 1.75. The number of H-pyrrole nitrogens is 1. The molecule has 2 heterocycles. The zero-order valence-electron chi connectivity index (χ0n) is 10.5. The predicted octanol–water partition coefficient (Wildman–Crippen LogP) is 1.90. The molecule has 2 aromatic rings. The van der Waals surface area contributed by atoms with Gasteiger partial charge in [-0.05, 0) is 6.07 Å². The zero-order valence-corrected chi connectivity index (χ0v) is 10.5. The highest BCUT2D eigenvalue weighted by Crippen LogP contribution is 2.06. The fourth-order valence-corrected chi connectivity index (χ4v) is 1.16. The lowest BCUT2D eigenvalue weighted by atomic mass is 10.4. The number of anilines is 1. The maximum absolute atomic E-state index is 11.2. The number of hydrogen-bond acceptors (Lipinski definition) is 3. The van der Waals surface area contributed by atoms with Gasteiger partial charge in [0.25, 0.3) is 5.56 Å². The Hall–Kier alpha value is -1.78. The van der Waals surface area contributed by atoms with Crippen LogP contribution in [0.3, 0.4) is 0 Å². The molecule has 5 nitrogen and oxygen atoms in total. The van der Waals surface area contributed by atoms with Gasteiger partial charge in [-0.25, -0.2) is 0 Å². The summed E-state index contributed by atoms with van der Waals surface area (Å²) in [6.45, 7) is 8.00. The Morgan fingerprint density at radius 1 is 1.31 bits per heavy atom. The van der Waals surface area contributed by atoms with E-state index in [9.17, 15) is 4.79 Å². The number of nitrogens with one attached hydrogen (secondary N) is 1. The molecule has 3 N–H and O–H groups in total. The first-order valence-corrected chi connectivity index (χ1v) is 5.49. The molecule has 0 fully saturated rings. The Balaban J connectivity index is 0.000000509. The van der Waals surface area contributed by atoms with Crippen molar-refractivity contribution in [2.45, 2.75) is 27.7 Å². The monoisotopic (exact) mass is 224 g/mol. The Kier molecular flexibility index (Phi) is 5.92. The first-order valence-electron chi connectivity index (χ1n) is 5.49. The molecule has 0 spiro atoms.